The summed E-state index contributed by atoms with van der Waals surface area (Å²) >= 11 is 0. The minimum atomic E-state index is -0.0160. The molecule has 0 atom stereocenters. The zero-order valence-electron chi connectivity index (χ0n) is 25.2. The van der Waals surface area contributed by atoms with Gasteiger partial charge in [0.2, 0.25) is 0 Å². The highest BCUT2D eigenvalue weighted by Crippen LogP contribution is 2.64. The first-order valence-corrected chi connectivity index (χ1v) is 17.3. The first-order chi connectivity index (χ1) is 19.7. The Morgan fingerprint density at radius 2 is 1.27 bits per heavy atom. The molecule has 2 aromatic carbocycles. The average Bonchev–Trinajstić information content (AvgIpc) is 2.89. The molecule has 8 bridgehead atoms. The number of ketones is 1. The minimum absolute atomic E-state index is 0.0160. The Balaban J connectivity index is 1.15. The highest BCUT2D eigenvalue weighted by atomic mass is 16.5. The second-order valence-electron chi connectivity index (χ2n) is 17.7. The third-order valence-corrected chi connectivity index (χ3v) is 14.0. The van der Waals surface area contributed by atoms with Crippen molar-refractivity contribution in [3.8, 4) is 5.75 Å². The van der Waals surface area contributed by atoms with E-state index in [9.17, 15) is 4.79 Å². The molecule has 0 amide bonds. The van der Waals surface area contributed by atoms with E-state index in [0.29, 0.717) is 17.6 Å². The van der Waals surface area contributed by atoms with Crippen LogP contribution >= 0.6 is 0 Å². The van der Waals surface area contributed by atoms with E-state index in [1.165, 1.54) is 105 Å². The van der Waals surface area contributed by atoms with Crippen molar-refractivity contribution in [2.75, 3.05) is 0 Å². The van der Waals surface area contributed by atoms with Crippen LogP contribution in [0.1, 0.15) is 120 Å². The molecular formula is C39H46O2. The highest BCUT2D eigenvalue weighted by Gasteiger charge is 2.54. The van der Waals surface area contributed by atoms with Gasteiger partial charge in [-0.15, -0.1) is 0 Å². The summed E-state index contributed by atoms with van der Waals surface area (Å²) in [5.74, 6) is 8.08. The predicted molar refractivity (Wildman–Crippen MR) is 163 cm³/mol. The molecule has 0 spiro atoms. The van der Waals surface area contributed by atoms with Crippen molar-refractivity contribution in [1.82, 2.24) is 0 Å². The zero-order valence-corrected chi connectivity index (χ0v) is 25.2. The van der Waals surface area contributed by atoms with Crippen molar-refractivity contribution < 1.29 is 9.53 Å². The molecule has 0 N–H and O–H groups in total. The molecule has 10 aliphatic rings. The number of fused-ring (bicyclic) bond motifs is 3. The first-order valence-electron chi connectivity index (χ1n) is 17.3. The van der Waals surface area contributed by atoms with E-state index in [2.05, 4.69) is 38.1 Å². The molecule has 2 aromatic rings. The van der Waals surface area contributed by atoms with Crippen LogP contribution in [0.2, 0.25) is 0 Å². The highest BCUT2D eigenvalue weighted by molar-refractivity contribution is 6.00. The summed E-state index contributed by atoms with van der Waals surface area (Å²) < 4.78 is 7.06. The summed E-state index contributed by atoms with van der Waals surface area (Å²) in [4.78, 5) is 13.5. The number of Topliss-reactive ketones (excluding diaryl/α,β-unsaturated/α-hetero) is 1. The molecule has 41 heavy (non-hydrogen) atoms. The molecule has 0 aromatic heterocycles. The van der Waals surface area contributed by atoms with E-state index in [1.807, 2.05) is 0 Å². The van der Waals surface area contributed by atoms with Gasteiger partial charge in [-0.1, -0.05) is 32.0 Å². The molecule has 2 heteroatoms. The number of rotatable bonds is 2. The molecular weight excluding hydrogens is 500 g/mol. The fourth-order valence-electron chi connectivity index (χ4n) is 13.3. The largest absolute Gasteiger partial charge is 0.461 e. The Labute approximate surface area is 245 Å². The van der Waals surface area contributed by atoms with Gasteiger partial charge in [-0.3, -0.25) is 4.79 Å². The van der Waals surface area contributed by atoms with Gasteiger partial charge in [0.1, 0.15) is 11.5 Å². The Morgan fingerprint density at radius 1 is 0.707 bits per heavy atom. The van der Waals surface area contributed by atoms with Crippen molar-refractivity contribution in [2.24, 2.45) is 40.9 Å². The predicted octanol–water partition coefficient (Wildman–Crippen LogP) is 9.35. The summed E-state index contributed by atoms with van der Waals surface area (Å²) in [5.41, 5.74) is 6.14. The second-order valence-corrected chi connectivity index (χ2v) is 17.7. The lowest BCUT2D eigenvalue weighted by Crippen LogP contribution is -2.49. The molecule has 214 valence electrons. The number of allylic oxidation sites excluding steroid dienone is 2. The Bertz CT molecular complexity index is 1480. The lowest BCUT2D eigenvalue weighted by molar-refractivity contribution is -0.118. The monoisotopic (exact) mass is 546 g/mol. The topological polar surface area (TPSA) is 26.3 Å². The number of carbonyl (C=O) groups excluding carboxylic acids is 1. The van der Waals surface area contributed by atoms with Gasteiger partial charge in [0.05, 0.1) is 0 Å². The number of ether oxygens (including phenoxy) is 1. The van der Waals surface area contributed by atoms with E-state index in [0.717, 1.165) is 59.7 Å². The Morgan fingerprint density at radius 3 is 1.85 bits per heavy atom. The van der Waals surface area contributed by atoms with Crippen LogP contribution in [0.15, 0.2) is 35.6 Å². The molecule has 8 saturated carbocycles. The van der Waals surface area contributed by atoms with Crippen molar-refractivity contribution in [2.45, 2.75) is 121 Å². The van der Waals surface area contributed by atoms with E-state index >= 15 is 0 Å². The quantitative estimate of drug-likeness (QED) is 0.375. The Kier molecular flexibility index (Phi) is 4.69. The van der Waals surface area contributed by atoms with Gasteiger partial charge in [-0.05, 0) is 151 Å². The summed E-state index contributed by atoms with van der Waals surface area (Å²) in [6.07, 6.45) is 19.5. The van der Waals surface area contributed by atoms with E-state index in [1.54, 1.807) is 5.56 Å². The number of benzene rings is 2. The maximum Gasteiger partial charge on any atom is 0.163 e. The van der Waals surface area contributed by atoms with E-state index in [-0.39, 0.29) is 10.8 Å². The van der Waals surface area contributed by atoms with E-state index in [4.69, 9.17) is 4.74 Å². The van der Waals surface area contributed by atoms with Crippen molar-refractivity contribution in [3.63, 3.8) is 0 Å². The number of hydrogen-bond acceptors (Lipinski definition) is 2. The molecule has 1 heterocycles. The molecule has 0 radical (unpaired) electrons. The van der Waals surface area contributed by atoms with Gasteiger partial charge in [-0.25, -0.2) is 0 Å². The normalized spacial score (nSPS) is 42.9. The summed E-state index contributed by atoms with van der Waals surface area (Å²) in [7, 11) is 0. The molecule has 9 aliphatic carbocycles. The summed E-state index contributed by atoms with van der Waals surface area (Å²) in [5, 5.41) is 2.80. The minimum Gasteiger partial charge on any atom is -0.461 e. The lowest BCUT2D eigenvalue weighted by atomic mass is 9.47. The van der Waals surface area contributed by atoms with Gasteiger partial charge >= 0.3 is 0 Å². The SMILES string of the molecule is CC1(C)CC(=O)C2=C(C1)Oc1c(C34CC5CC(CC(C5)C3)C4)cc3cc(C45CC6CC(CC(C6)C4)C5)ccc3c1C2. The lowest BCUT2D eigenvalue weighted by Gasteiger charge is -2.57. The average molecular weight is 547 g/mol. The van der Waals surface area contributed by atoms with Crippen molar-refractivity contribution >= 4 is 16.6 Å². The van der Waals surface area contributed by atoms with Crippen LogP contribution in [0, 0.1) is 40.9 Å². The van der Waals surface area contributed by atoms with Gasteiger partial charge < -0.3 is 4.74 Å². The van der Waals surface area contributed by atoms with Gasteiger partial charge in [0.25, 0.3) is 0 Å². The Hall–Kier alpha value is -2.09. The molecule has 8 fully saturated rings. The third kappa shape index (κ3) is 3.46. The van der Waals surface area contributed by atoms with E-state index < -0.39 is 0 Å². The smallest absolute Gasteiger partial charge is 0.163 e. The summed E-state index contributed by atoms with van der Waals surface area (Å²) in [6.45, 7) is 4.47. The zero-order chi connectivity index (χ0) is 27.3. The first kappa shape index (κ1) is 24.4. The molecule has 0 unspecified atom stereocenters. The number of hydrogen-bond donors (Lipinski definition) is 0. The fourth-order valence-corrected chi connectivity index (χ4v) is 13.3. The van der Waals surface area contributed by atoms with Crippen LogP contribution in [0.4, 0.5) is 0 Å². The molecule has 0 saturated heterocycles. The van der Waals surface area contributed by atoms with Gasteiger partial charge in [0, 0.05) is 36.0 Å². The molecule has 1 aliphatic heterocycles. The third-order valence-electron chi connectivity index (χ3n) is 14.0. The molecule has 12 rings (SSSR count). The maximum absolute atomic E-state index is 13.5. The van der Waals surface area contributed by atoms with Gasteiger partial charge in [0.15, 0.2) is 5.78 Å². The van der Waals surface area contributed by atoms with Crippen molar-refractivity contribution in [1.29, 1.82) is 0 Å². The number of carbonyl (C=O) groups is 1. The van der Waals surface area contributed by atoms with Crippen LogP contribution in [0.25, 0.3) is 10.8 Å². The van der Waals surface area contributed by atoms with Crippen LogP contribution in [0.3, 0.4) is 0 Å². The molecule has 2 nitrogen and oxygen atoms in total. The van der Waals surface area contributed by atoms with Crippen LogP contribution in [-0.2, 0) is 22.0 Å². The van der Waals surface area contributed by atoms with Crippen LogP contribution in [0.5, 0.6) is 5.75 Å². The summed E-state index contributed by atoms with van der Waals surface area (Å²) in [6, 6.07) is 10.2. The fraction of sp³-hybridized carbons (Fsp3) is 0.667. The van der Waals surface area contributed by atoms with Crippen LogP contribution in [-0.4, -0.2) is 5.78 Å². The van der Waals surface area contributed by atoms with Gasteiger partial charge in [-0.2, -0.15) is 0 Å². The maximum atomic E-state index is 13.5. The van der Waals surface area contributed by atoms with Crippen LogP contribution < -0.4 is 4.74 Å². The van der Waals surface area contributed by atoms with Crippen molar-refractivity contribution in [3.05, 3.63) is 52.3 Å². The standard InChI is InChI=1S/C39H46O2/c1-37(2)20-34(40)32-13-31-30-4-3-29(38-14-22-5-23(15-38)7-24(6-22)16-38)11-28(30)12-33(36(31)41-35(32)21-37)39-17-25-8-26(18-39)10-27(9-25)19-39/h3-4,11-12,22-27H,5-10,13-21H2,1-2H3. The second kappa shape index (κ2) is 7.89.